The zero-order valence-corrected chi connectivity index (χ0v) is 24.8. The molecule has 7 atom stereocenters. The summed E-state index contributed by atoms with van der Waals surface area (Å²) >= 11 is 0. The summed E-state index contributed by atoms with van der Waals surface area (Å²) < 4.78 is 61.8. The van der Waals surface area contributed by atoms with E-state index in [0.717, 1.165) is 31.7 Å². The number of phosphoric ester groups is 1. The molecule has 0 spiro atoms. The number of hydrogen-bond acceptors (Lipinski definition) is 13. The molecule has 0 aliphatic carbocycles. The molecule has 0 radical (unpaired) electrons. The molecule has 2 fully saturated rings. The fourth-order valence-corrected chi connectivity index (χ4v) is 7.67. The molecule has 2 N–H and O–H groups in total. The van der Waals surface area contributed by atoms with E-state index in [1.807, 2.05) is 35.3 Å². The maximum Gasteiger partial charge on any atom is 0.472 e. The van der Waals surface area contributed by atoms with Gasteiger partial charge in [-0.3, -0.25) is 33.0 Å². The van der Waals surface area contributed by atoms with Crippen molar-refractivity contribution in [2.45, 2.75) is 57.0 Å². The second-order valence-electron chi connectivity index (χ2n) is 9.21. The quantitative estimate of drug-likeness (QED) is 0.205. The van der Waals surface area contributed by atoms with E-state index in [1.165, 1.54) is 21.6 Å². The molecule has 0 saturated carbocycles. The number of nitrogens with one attached hydrogen (secondary N) is 1. The summed E-state index contributed by atoms with van der Waals surface area (Å²) in [6, 6.07) is 10.2. The number of ether oxygens (including phenoxy) is 4. The highest BCUT2D eigenvalue weighted by Gasteiger charge is 2.62. The summed E-state index contributed by atoms with van der Waals surface area (Å²) in [7, 11) is -2.11. The Morgan fingerprint density at radius 3 is 2.43 bits per heavy atom. The molecule has 42 heavy (non-hydrogen) atoms. The zero-order chi connectivity index (χ0) is 30.5. The van der Waals surface area contributed by atoms with E-state index in [0.29, 0.717) is 10.3 Å². The van der Waals surface area contributed by atoms with Gasteiger partial charge in [-0.15, -0.1) is 0 Å². The first-order valence-electron chi connectivity index (χ1n) is 12.5. The largest absolute Gasteiger partial charge is 0.472 e. The van der Waals surface area contributed by atoms with Crippen LogP contribution < -0.4 is 11.2 Å². The molecule has 230 valence electrons. The van der Waals surface area contributed by atoms with Gasteiger partial charge >= 0.3 is 25.5 Å². The number of aromatic nitrogens is 2. The van der Waals surface area contributed by atoms with Crippen LogP contribution in [0.1, 0.15) is 25.6 Å². The van der Waals surface area contributed by atoms with Crippen molar-refractivity contribution in [3.05, 3.63) is 69.0 Å². The Balaban J connectivity index is 1.51. The molecule has 2 aliphatic rings. The predicted molar refractivity (Wildman–Crippen MR) is 147 cm³/mol. The molecule has 1 aromatic heterocycles. The van der Waals surface area contributed by atoms with Crippen molar-refractivity contribution < 1.29 is 51.4 Å². The number of rotatable bonds is 11. The first-order chi connectivity index (χ1) is 19.9. The Kier molecular flexibility index (Phi) is 10.7. The highest BCUT2D eigenvalue weighted by Crippen LogP contribution is 2.51. The van der Waals surface area contributed by atoms with Crippen LogP contribution in [0.4, 0.5) is 4.39 Å². The van der Waals surface area contributed by atoms with E-state index in [9.17, 15) is 28.6 Å². The maximum atomic E-state index is 16.4. The summed E-state index contributed by atoms with van der Waals surface area (Å²) in [5, 5.41) is 0. The number of alkyl halides is 1. The number of esters is 2. The number of H-pyrrole nitrogens is 1. The molecule has 2 aromatic rings. The molecule has 3 heterocycles. The number of carbonyl (C=O) groups excluding carboxylic acids is 2. The molecule has 2 aliphatic heterocycles. The number of aromatic amines is 1. The first kappa shape index (κ1) is 32.4. The molecular weight excluding hydrogens is 622 g/mol. The average Bonchev–Trinajstić information content (AvgIpc) is 3.18. The van der Waals surface area contributed by atoms with Gasteiger partial charge in [-0.25, -0.2) is 13.8 Å². The van der Waals surface area contributed by atoms with Crippen molar-refractivity contribution in [2.24, 2.45) is 0 Å². The Morgan fingerprint density at radius 1 is 1.12 bits per heavy atom. The third kappa shape index (κ3) is 8.32. The summed E-state index contributed by atoms with van der Waals surface area (Å²) in [6.45, 7) is 0.815. The van der Waals surface area contributed by atoms with Crippen molar-refractivity contribution >= 4 is 41.3 Å². The van der Waals surface area contributed by atoms with Crippen molar-refractivity contribution in [2.75, 3.05) is 18.1 Å². The summed E-state index contributed by atoms with van der Waals surface area (Å²) in [4.78, 5) is 60.1. The monoisotopic (exact) mass is 650 g/mol. The number of halogens is 1. The average molecular weight is 651 g/mol. The summed E-state index contributed by atoms with van der Waals surface area (Å²) in [6.07, 6.45) is -6.12. The van der Waals surface area contributed by atoms with Gasteiger partial charge in [0, 0.05) is 37.6 Å². The lowest BCUT2D eigenvalue weighted by Crippen LogP contribution is -2.47. The van der Waals surface area contributed by atoms with Crippen LogP contribution in [-0.4, -0.2) is 74.8 Å². The van der Waals surface area contributed by atoms with Gasteiger partial charge in [0.1, 0.15) is 12.7 Å². The van der Waals surface area contributed by atoms with Gasteiger partial charge < -0.3 is 23.8 Å². The SMILES string of the molecule is CC(=O)O[C@H]1[C@H](n2ccc(=O)[nH]c2=O)O[C@](F)(COP(=O)(O)OC2CSSCC2OCc2ccccc2)[C@H]1OC(C)=O. The van der Waals surface area contributed by atoms with Gasteiger partial charge in [0.25, 0.3) is 11.4 Å². The van der Waals surface area contributed by atoms with Crippen LogP contribution in [0.2, 0.25) is 0 Å². The lowest BCUT2D eigenvalue weighted by atomic mass is 10.1. The Bertz CT molecular complexity index is 1430. The summed E-state index contributed by atoms with van der Waals surface area (Å²) in [5.74, 6) is -4.48. The van der Waals surface area contributed by atoms with Gasteiger partial charge in [-0.05, 0) is 5.56 Å². The van der Waals surface area contributed by atoms with Crippen molar-refractivity contribution in [1.82, 2.24) is 9.55 Å². The van der Waals surface area contributed by atoms with Crippen LogP contribution in [0.25, 0.3) is 0 Å². The maximum absolute atomic E-state index is 16.4. The third-order valence-electron chi connectivity index (χ3n) is 6.00. The lowest BCUT2D eigenvalue weighted by molar-refractivity contribution is -0.215. The van der Waals surface area contributed by atoms with Gasteiger partial charge in [-0.1, -0.05) is 51.9 Å². The smallest absolute Gasteiger partial charge is 0.453 e. The second-order valence-corrected chi connectivity index (χ2v) is 13.2. The number of carbonyl (C=O) groups is 2. The number of nitrogens with zero attached hydrogens (tertiary/aromatic N) is 1. The van der Waals surface area contributed by atoms with Crippen molar-refractivity contribution in [3.8, 4) is 0 Å². The number of phosphoric acid groups is 1. The Labute approximate surface area is 246 Å². The van der Waals surface area contributed by atoms with Crippen LogP contribution in [-0.2, 0) is 48.8 Å². The van der Waals surface area contributed by atoms with Crippen LogP contribution in [0.5, 0.6) is 0 Å². The van der Waals surface area contributed by atoms with E-state index >= 15 is 4.39 Å². The Morgan fingerprint density at radius 2 is 1.79 bits per heavy atom. The van der Waals surface area contributed by atoms with Gasteiger partial charge in [-0.2, -0.15) is 0 Å². The fourth-order valence-electron chi connectivity index (χ4n) is 4.18. The van der Waals surface area contributed by atoms with E-state index in [-0.39, 0.29) is 12.4 Å². The molecule has 0 bridgehead atoms. The minimum Gasteiger partial charge on any atom is -0.453 e. The second kappa shape index (κ2) is 13.9. The minimum atomic E-state index is -4.99. The number of benzene rings is 1. The normalized spacial score (nSPS) is 29.0. The van der Waals surface area contributed by atoms with E-state index in [1.54, 1.807) is 0 Å². The van der Waals surface area contributed by atoms with Gasteiger partial charge in [0.15, 0.2) is 12.3 Å². The lowest BCUT2D eigenvalue weighted by Gasteiger charge is -2.32. The fraction of sp³-hybridized carbons (Fsp3) is 0.500. The molecular formula is C24H28FN2O12PS2. The highest BCUT2D eigenvalue weighted by molar-refractivity contribution is 8.76. The predicted octanol–water partition coefficient (Wildman–Crippen LogP) is 2.08. The van der Waals surface area contributed by atoms with Crippen LogP contribution in [0.3, 0.4) is 0 Å². The van der Waals surface area contributed by atoms with Crippen LogP contribution in [0.15, 0.2) is 52.2 Å². The molecule has 4 rings (SSSR count). The molecule has 18 heteroatoms. The third-order valence-corrected chi connectivity index (χ3v) is 9.41. The van der Waals surface area contributed by atoms with E-state index < -0.39 is 74.1 Å². The molecule has 1 aromatic carbocycles. The molecule has 0 amide bonds. The van der Waals surface area contributed by atoms with Crippen LogP contribution >= 0.6 is 29.4 Å². The van der Waals surface area contributed by atoms with Crippen molar-refractivity contribution in [1.29, 1.82) is 0 Å². The standard InChI is InChI=1S/C24H28FN2O12PS2/c1-14(28)36-20-21(37-15(2)29)24(25,38-22(20)27-9-8-19(30)26-23(27)31)13-35-40(32,33)39-18-12-42-41-11-17(18)34-10-16-6-4-3-5-7-16/h3-9,17-18,20-22H,10-13H2,1-2H3,(H,32,33)(H,26,30,31)/t17?,18?,20-,21+,22-,24-/m1/s1. The zero-order valence-electron chi connectivity index (χ0n) is 22.3. The topological polar surface area (TPSA) is 182 Å². The summed E-state index contributed by atoms with van der Waals surface area (Å²) in [5.41, 5.74) is -0.939. The molecule has 14 nitrogen and oxygen atoms in total. The Hall–Kier alpha value is -2.50. The molecule has 3 unspecified atom stereocenters. The highest BCUT2D eigenvalue weighted by atomic mass is 33.1. The van der Waals surface area contributed by atoms with Crippen molar-refractivity contribution in [3.63, 3.8) is 0 Å². The number of hydrogen-bond donors (Lipinski definition) is 2. The minimum absolute atomic E-state index is 0.224. The first-order valence-corrected chi connectivity index (χ1v) is 16.4. The molecule has 2 saturated heterocycles. The van der Waals surface area contributed by atoms with E-state index in [4.69, 9.17) is 28.0 Å². The van der Waals surface area contributed by atoms with Crippen LogP contribution in [0, 0.1) is 0 Å². The van der Waals surface area contributed by atoms with Gasteiger partial charge in [0.2, 0.25) is 6.10 Å². The van der Waals surface area contributed by atoms with E-state index in [2.05, 4.69) is 0 Å². The van der Waals surface area contributed by atoms with Gasteiger partial charge in [0.05, 0.1) is 12.7 Å².